The van der Waals surface area contributed by atoms with Gasteiger partial charge in [-0.05, 0) is 47.7 Å². The molecule has 1 aliphatic heterocycles. The van der Waals surface area contributed by atoms with Gasteiger partial charge in [-0.1, -0.05) is 51.1 Å². The number of hydrogen-bond acceptors (Lipinski definition) is 5. The number of aromatic nitrogens is 2. The standard InChI is InChI=1S/C25H27N3O3/c1-17(2)22-16-30-25(29)28(22)24-12-13-26-23(27-24)14-18(3)19-8-7-11-21(15-19)31-20-9-5-4-6-10-20/h4-13,15,17-18,22H,14,16H2,1-3H3/t18-,22-/m1/s1. The van der Waals surface area contributed by atoms with Crippen molar-refractivity contribution in [2.24, 2.45) is 5.92 Å². The number of para-hydroxylation sites is 1. The average molecular weight is 418 g/mol. The maximum atomic E-state index is 12.3. The van der Waals surface area contributed by atoms with E-state index in [0.717, 1.165) is 17.1 Å². The van der Waals surface area contributed by atoms with Gasteiger partial charge in [-0.3, -0.25) is 4.90 Å². The molecule has 2 heterocycles. The summed E-state index contributed by atoms with van der Waals surface area (Å²) in [5.41, 5.74) is 1.14. The number of hydrogen-bond donors (Lipinski definition) is 0. The Labute approximate surface area is 182 Å². The van der Waals surface area contributed by atoms with Crippen LogP contribution in [0.2, 0.25) is 0 Å². The molecule has 0 radical (unpaired) electrons. The number of rotatable bonds is 7. The van der Waals surface area contributed by atoms with Crippen LogP contribution in [0.1, 0.15) is 38.1 Å². The molecule has 4 rings (SSSR count). The van der Waals surface area contributed by atoms with E-state index in [1.807, 2.05) is 48.5 Å². The Hall–Kier alpha value is -3.41. The summed E-state index contributed by atoms with van der Waals surface area (Å²) in [7, 11) is 0. The molecule has 6 heteroatoms. The van der Waals surface area contributed by atoms with Crippen LogP contribution in [0.15, 0.2) is 66.9 Å². The summed E-state index contributed by atoms with van der Waals surface area (Å²) in [6.45, 7) is 6.68. The van der Waals surface area contributed by atoms with Crippen LogP contribution in [0.5, 0.6) is 11.5 Å². The molecule has 31 heavy (non-hydrogen) atoms. The topological polar surface area (TPSA) is 64.5 Å². The zero-order valence-electron chi connectivity index (χ0n) is 18.1. The fraction of sp³-hybridized carbons (Fsp3) is 0.320. The molecule has 2 aromatic carbocycles. The molecule has 0 N–H and O–H groups in total. The Balaban J connectivity index is 1.49. The van der Waals surface area contributed by atoms with E-state index in [2.05, 4.69) is 36.8 Å². The minimum Gasteiger partial charge on any atom is -0.457 e. The smallest absolute Gasteiger partial charge is 0.415 e. The van der Waals surface area contributed by atoms with E-state index >= 15 is 0 Å². The first kappa shape index (κ1) is 20.8. The summed E-state index contributed by atoms with van der Waals surface area (Å²) in [6.07, 6.45) is 2.02. The fourth-order valence-corrected chi connectivity index (χ4v) is 3.71. The summed E-state index contributed by atoms with van der Waals surface area (Å²) in [5, 5.41) is 0. The SMILES string of the molecule is CC(C)[C@H]1COC(=O)N1c1ccnc(C[C@@H](C)c2cccc(Oc3ccccc3)c2)n1. The molecule has 160 valence electrons. The predicted molar refractivity (Wildman–Crippen MR) is 120 cm³/mol. The highest BCUT2D eigenvalue weighted by Gasteiger charge is 2.37. The Kier molecular flexibility index (Phi) is 6.16. The minimum absolute atomic E-state index is 0.0144. The lowest BCUT2D eigenvalue weighted by Crippen LogP contribution is -2.37. The number of cyclic esters (lactones) is 1. The Morgan fingerprint density at radius 3 is 2.61 bits per heavy atom. The summed E-state index contributed by atoms with van der Waals surface area (Å²) in [5.74, 6) is 3.35. The summed E-state index contributed by atoms with van der Waals surface area (Å²) in [4.78, 5) is 23.0. The van der Waals surface area contributed by atoms with Crippen LogP contribution in [0, 0.1) is 5.92 Å². The quantitative estimate of drug-likeness (QED) is 0.501. The van der Waals surface area contributed by atoms with Gasteiger partial charge < -0.3 is 9.47 Å². The van der Waals surface area contributed by atoms with Gasteiger partial charge in [0.1, 0.15) is 29.7 Å². The van der Waals surface area contributed by atoms with Gasteiger partial charge >= 0.3 is 6.09 Å². The third-order valence-electron chi connectivity index (χ3n) is 5.51. The van der Waals surface area contributed by atoms with Crippen LogP contribution in [0.25, 0.3) is 0 Å². The number of benzene rings is 2. The van der Waals surface area contributed by atoms with E-state index in [4.69, 9.17) is 9.47 Å². The molecular weight excluding hydrogens is 390 g/mol. The lowest BCUT2D eigenvalue weighted by atomic mass is 9.97. The van der Waals surface area contributed by atoms with Gasteiger partial charge in [-0.15, -0.1) is 0 Å². The van der Waals surface area contributed by atoms with Crippen molar-refractivity contribution >= 4 is 11.9 Å². The fourth-order valence-electron chi connectivity index (χ4n) is 3.71. The van der Waals surface area contributed by atoms with Crippen LogP contribution in [0.4, 0.5) is 10.6 Å². The van der Waals surface area contributed by atoms with Crippen molar-refractivity contribution in [1.29, 1.82) is 0 Å². The summed E-state index contributed by atoms with van der Waals surface area (Å²) < 4.78 is 11.2. The van der Waals surface area contributed by atoms with Gasteiger partial charge in [0.25, 0.3) is 0 Å². The van der Waals surface area contributed by atoms with Crippen molar-refractivity contribution in [2.75, 3.05) is 11.5 Å². The molecule has 1 aromatic heterocycles. The number of amides is 1. The average Bonchev–Trinajstić information content (AvgIpc) is 3.16. The second-order valence-corrected chi connectivity index (χ2v) is 8.18. The zero-order chi connectivity index (χ0) is 21.8. The van der Waals surface area contributed by atoms with Crippen LogP contribution < -0.4 is 9.64 Å². The zero-order valence-corrected chi connectivity index (χ0v) is 18.1. The normalized spacial score (nSPS) is 17.0. The van der Waals surface area contributed by atoms with Crippen molar-refractivity contribution in [2.45, 2.75) is 39.2 Å². The molecule has 3 aromatic rings. The Morgan fingerprint density at radius 1 is 1.06 bits per heavy atom. The molecule has 1 amide bonds. The Bertz CT molecular complexity index is 1040. The molecule has 6 nitrogen and oxygen atoms in total. The number of carbonyl (C=O) groups is 1. The summed E-state index contributed by atoms with van der Waals surface area (Å²) >= 11 is 0. The van der Waals surface area contributed by atoms with Gasteiger partial charge in [0.15, 0.2) is 0 Å². The molecule has 2 atom stereocenters. The van der Waals surface area contributed by atoms with Crippen LogP contribution in [0.3, 0.4) is 0 Å². The van der Waals surface area contributed by atoms with Gasteiger partial charge in [0, 0.05) is 12.6 Å². The van der Waals surface area contributed by atoms with E-state index in [0.29, 0.717) is 24.7 Å². The second kappa shape index (κ2) is 9.16. The first-order valence-corrected chi connectivity index (χ1v) is 10.6. The first-order chi connectivity index (χ1) is 15.0. The van der Waals surface area contributed by atoms with E-state index in [9.17, 15) is 4.79 Å². The largest absolute Gasteiger partial charge is 0.457 e. The predicted octanol–water partition coefficient (Wildman–Crippen LogP) is 5.60. The third kappa shape index (κ3) is 4.85. The molecule has 1 aliphatic rings. The molecule has 0 aliphatic carbocycles. The highest BCUT2D eigenvalue weighted by atomic mass is 16.6. The van der Waals surface area contributed by atoms with Crippen LogP contribution in [-0.4, -0.2) is 28.7 Å². The lowest BCUT2D eigenvalue weighted by molar-refractivity contribution is 0.177. The number of nitrogens with zero attached hydrogens (tertiary/aromatic N) is 3. The molecule has 1 saturated heterocycles. The molecule has 1 fully saturated rings. The van der Waals surface area contributed by atoms with E-state index in [1.54, 1.807) is 17.2 Å². The number of carbonyl (C=O) groups excluding carboxylic acids is 1. The maximum absolute atomic E-state index is 12.3. The number of ether oxygens (including phenoxy) is 2. The highest BCUT2D eigenvalue weighted by Crippen LogP contribution is 2.28. The van der Waals surface area contributed by atoms with E-state index < -0.39 is 0 Å². The molecule has 0 bridgehead atoms. The van der Waals surface area contributed by atoms with Gasteiger partial charge in [-0.25, -0.2) is 14.8 Å². The van der Waals surface area contributed by atoms with E-state index in [-0.39, 0.29) is 24.0 Å². The second-order valence-electron chi connectivity index (χ2n) is 8.18. The van der Waals surface area contributed by atoms with Crippen molar-refractivity contribution in [3.8, 4) is 11.5 Å². The monoisotopic (exact) mass is 417 g/mol. The molecule has 0 spiro atoms. The van der Waals surface area contributed by atoms with Crippen LogP contribution >= 0.6 is 0 Å². The van der Waals surface area contributed by atoms with E-state index in [1.165, 1.54) is 0 Å². The minimum atomic E-state index is -0.345. The molecule has 0 unspecified atom stereocenters. The van der Waals surface area contributed by atoms with Gasteiger partial charge in [0.2, 0.25) is 0 Å². The van der Waals surface area contributed by atoms with Crippen molar-refractivity contribution < 1.29 is 14.3 Å². The Morgan fingerprint density at radius 2 is 1.84 bits per heavy atom. The lowest BCUT2D eigenvalue weighted by Gasteiger charge is -2.23. The summed E-state index contributed by atoms with van der Waals surface area (Å²) in [6, 6.07) is 19.6. The van der Waals surface area contributed by atoms with Crippen molar-refractivity contribution in [1.82, 2.24) is 9.97 Å². The first-order valence-electron chi connectivity index (χ1n) is 10.6. The molecular formula is C25H27N3O3. The van der Waals surface area contributed by atoms with Gasteiger partial charge in [-0.2, -0.15) is 0 Å². The molecule has 0 saturated carbocycles. The highest BCUT2D eigenvalue weighted by molar-refractivity contribution is 5.89. The number of anilines is 1. The third-order valence-corrected chi connectivity index (χ3v) is 5.51. The van der Waals surface area contributed by atoms with Crippen molar-refractivity contribution in [3.05, 3.63) is 78.2 Å². The van der Waals surface area contributed by atoms with Crippen LogP contribution in [-0.2, 0) is 11.2 Å². The van der Waals surface area contributed by atoms with Crippen molar-refractivity contribution in [3.63, 3.8) is 0 Å². The maximum Gasteiger partial charge on any atom is 0.415 e. The van der Waals surface area contributed by atoms with Gasteiger partial charge in [0.05, 0.1) is 6.04 Å².